The van der Waals surface area contributed by atoms with Gasteiger partial charge in [0.1, 0.15) is 0 Å². The number of allylic oxidation sites excluding steroid dienone is 2. The summed E-state index contributed by atoms with van der Waals surface area (Å²) in [7, 11) is -3.29. The minimum Gasteiger partial charge on any atom is -0.290 e. The molecule has 0 aromatic heterocycles. The Hall–Kier alpha value is -1.17. The highest BCUT2D eigenvalue weighted by molar-refractivity contribution is 8.30. The van der Waals surface area contributed by atoms with E-state index in [1.54, 1.807) is 30.3 Å². The van der Waals surface area contributed by atoms with Crippen LogP contribution in [-0.2, 0) is 20.1 Å². The Bertz CT molecular complexity index is 438. The van der Waals surface area contributed by atoms with Gasteiger partial charge >= 0.3 is 0 Å². The number of hydrogen-bond acceptors (Lipinski definition) is 2. The summed E-state index contributed by atoms with van der Waals surface area (Å²) in [5, 5.41) is 0. The van der Waals surface area contributed by atoms with Crippen LogP contribution in [0.4, 0.5) is 5.69 Å². The molecule has 1 unspecified atom stereocenters. The van der Waals surface area contributed by atoms with Crippen molar-refractivity contribution in [3.8, 4) is 0 Å². The zero-order valence-corrected chi connectivity index (χ0v) is 10.7. The van der Waals surface area contributed by atoms with E-state index in [0.29, 0.717) is 5.69 Å². The maximum atomic E-state index is 10.6. The van der Waals surface area contributed by atoms with Gasteiger partial charge in [0.25, 0.3) is 0 Å². The second kappa shape index (κ2) is 7.16. The summed E-state index contributed by atoms with van der Waals surface area (Å²) in [5.74, 6) is 0. The first kappa shape index (κ1) is 14.8. The van der Waals surface area contributed by atoms with E-state index in [1.807, 2.05) is 13.0 Å². The molecule has 0 heterocycles. The van der Waals surface area contributed by atoms with Gasteiger partial charge in [0.15, 0.2) is 0 Å². The van der Waals surface area contributed by atoms with Crippen molar-refractivity contribution < 1.29 is 8.76 Å². The molecule has 0 amide bonds. The van der Waals surface area contributed by atoms with Crippen molar-refractivity contribution in [1.82, 2.24) is 0 Å². The summed E-state index contributed by atoms with van der Waals surface area (Å²) >= 11 is 4.24. The van der Waals surface area contributed by atoms with E-state index in [-0.39, 0.29) is 0 Å². The molecule has 0 aliphatic heterocycles. The largest absolute Gasteiger partial charge is 0.290 e. The third kappa shape index (κ3) is 9.39. The van der Waals surface area contributed by atoms with Gasteiger partial charge < -0.3 is 0 Å². The molecule has 1 aromatic rings. The normalized spacial score (nSPS) is 12.6. The van der Waals surface area contributed by atoms with Crippen molar-refractivity contribution in [3.05, 3.63) is 55.1 Å². The highest BCUT2D eigenvalue weighted by Gasteiger charge is 1.96. The fourth-order valence-corrected chi connectivity index (χ4v) is 1.38. The molecular weight excluding hydrogens is 242 g/mol. The molecule has 0 aliphatic rings. The summed E-state index contributed by atoms with van der Waals surface area (Å²) in [6.45, 7) is 8.93. The molecule has 0 spiro atoms. The predicted molar refractivity (Wildman–Crippen MR) is 73.2 cm³/mol. The highest BCUT2D eigenvalue weighted by atomic mass is 32.8. The fraction of sp³-hybridized carbons (Fsp3) is 0.0909. The Morgan fingerprint density at radius 1 is 1.50 bits per heavy atom. The van der Waals surface area contributed by atoms with E-state index in [0.717, 1.165) is 5.57 Å². The quantitative estimate of drug-likeness (QED) is 0.818. The van der Waals surface area contributed by atoms with Crippen molar-refractivity contribution in [2.45, 2.75) is 6.92 Å². The minimum absolute atomic E-state index is 0.551. The predicted octanol–water partition coefficient (Wildman–Crippen LogP) is 2.98. The molecule has 5 heteroatoms. The summed E-state index contributed by atoms with van der Waals surface area (Å²) in [4.78, 5) is 0. The minimum atomic E-state index is -3.29. The SMILES string of the molecule is C=CC(=C)C.O=S(O)(=S)Nc1ccccc1. The molecule has 0 fully saturated rings. The van der Waals surface area contributed by atoms with Gasteiger partial charge in [0.05, 0.1) is 0 Å². The van der Waals surface area contributed by atoms with Crippen LogP contribution in [0.15, 0.2) is 55.1 Å². The molecule has 0 saturated heterocycles. The lowest BCUT2D eigenvalue weighted by molar-refractivity contribution is 0.567. The maximum absolute atomic E-state index is 10.6. The maximum Gasteiger partial charge on any atom is 0.229 e. The summed E-state index contributed by atoms with van der Waals surface area (Å²) in [5.41, 5.74) is 1.57. The Morgan fingerprint density at radius 3 is 2.25 bits per heavy atom. The van der Waals surface area contributed by atoms with E-state index in [9.17, 15) is 4.21 Å². The standard InChI is InChI=1S/C6H7NO2S2.C5H8/c8-11(9,10)7-6-4-2-1-3-5-6;1-4-5(2)3/h1-5,7H,(H,8,9,10);4H,1-2H2,3H3. The first-order chi connectivity index (χ1) is 7.35. The fourth-order valence-electron chi connectivity index (χ4n) is 0.655. The molecule has 2 N–H and O–H groups in total. The van der Waals surface area contributed by atoms with Crippen molar-refractivity contribution in [1.29, 1.82) is 0 Å². The van der Waals surface area contributed by atoms with Gasteiger partial charge in [-0.05, 0) is 19.1 Å². The molecule has 3 nitrogen and oxygen atoms in total. The number of hydrogen-bond donors (Lipinski definition) is 2. The van der Waals surface area contributed by atoms with E-state index in [2.05, 4.69) is 29.1 Å². The molecule has 88 valence electrons. The molecule has 0 saturated carbocycles. The van der Waals surface area contributed by atoms with Crippen LogP contribution >= 0.6 is 0 Å². The lowest BCUT2D eigenvalue weighted by Gasteiger charge is -2.02. The van der Waals surface area contributed by atoms with Crippen LogP contribution in [0, 0.1) is 0 Å². The van der Waals surface area contributed by atoms with Crippen molar-refractivity contribution in [3.63, 3.8) is 0 Å². The second-order valence-corrected chi connectivity index (χ2v) is 5.50. The van der Waals surface area contributed by atoms with Crippen LogP contribution in [-0.4, -0.2) is 8.76 Å². The smallest absolute Gasteiger partial charge is 0.229 e. The van der Waals surface area contributed by atoms with Crippen LogP contribution in [0.1, 0.15) is 6.92 Å². The van der Waals surface area contributed by atoms with Crippen molar-refractivity contribution in [2.24, 2.45) is 0 Å². The average Bonchev–Trinajstić information content (AvgIpc) is 2.17. The highest BCUT2D eigenvalue weighted by Crippen LogP contribution is 2.05. The number of nitrogens with one attached hydrogen (secondary N) is 1. The summed E-state index contributed by atoms with van der Waals surface area (Å²) in [6.07, 6.45) is 1.72. The van der Waals surface area contributed by atoms with E-state index < -0.39 is 8.96 Å². The second-order valence-electron chi connectivity index (χ2n) is 2.99. The molecule has 0 aliphatic carbocycles. The summed E-state index contributed by atoms with van der Waals surface area (Å²) in [6, 6.07) is 8.66. The van der Waals surface area contributed by atoms with Gasteiger partial charge in [0.2, 0.25) is 8.96 Å². The van der Waals surface area contributed by atoms with Crippen LogP contribution in [0.2, 0.25) is 0 Å². The first-order valence-corrected chi connectivity index (χ1v) is 6.87. The zero-order valence-electron chi connectivity index (χ0n) is 9.05. The Balaban J connectivity index is 0.000000385. The van der Waals surface area contributed by atoms with E-state index >= 15 is 0 Å². The van der Waals surface area contributed by atoms with Crippen molar-refractivity contribution in [2.75, 3.05) is 4.72 Å². The topological polar surface area (TPSA) is 49.3 Å². The van der Waals surface area contributed by atoms with Gasteiger partial charge in [0, 0.05) is 16.9 Å². The molecule has 1 rings (SSSR count). The number of anilines is 1. The Kier molecular flexibility index (Phi) is 6.64. The molecule has 1 atom stereocenters. The van der Waals surface area contributed by atoms with Gasteiger partial charge in [-0.1, -0.05) is 43.0 Å². The van der Waals surface area contributed by atoms with Crippen LogP contribution in [0.3, 0.4) is 0 Å². The Labute approximate surface area is 102 Å². The molecule has 0 radical (unpaired) electrons. The molecule has 0 bridgehead atoms. The number of benzene rings is 1. The molecule has 16 heavy (non-hydrogen) atoms. The van der Waals surface area contributed by atoms with Crippen LogP contribution in [0.5, 0.6) is 0 Å². The van der Waals surface area contributed by atoms with Crippen LogP contribution < -0.4 is 4.72 Å². The lowest BCUT2D eigenvalue weighted by atomic mass is 10.3. The number of para-hydroxylation sites is 1. The van der Waals surface area contributed by atoms with Crippen molar-refractivity contribution >= 4 is 25.8 Å². The van der Waals surface area contributed by atoms with E-state index in [1.165, 1.54) is 0 Å². The lowest BCUT2D eigenvalue weighted by Crippen LogP contribution is -2.08. The zero-order chi connectivity index (χ0) is 12.6. The van der Waals surface area contributed by atoms with Gasteiger partial charge in [-0.2, -0.15) is 0 Å². The van der Waals surface area contributed by atoms with Gasteiger partial charge in [-0.15, -0.1) is 0 Å². The molecular formula is C11H15NO2S2. The van der Waals surface area contributed by atoms with Gasteiger partial charge in [-0.3, -0.25) is 9.27 Å². The molecule has 1 aromatic carbocycles. The third-order valence-corrected chi connectivity index (χ3v) is 2.11. The first-order valence-electron chi connectivity index (χ1n) is 4.43. The number of rotatable bonds is 3. The monoisotopic (exact) mass is 257 g/mol. The Morgan fingerprint density at radius 2 is 1.94 bits per heavy atom. The van der Waals surface area contributed by atoms with E-state index in [4.69, 9.17) is 4.55 Å². The average molecular weight is 257 g/mol. The third-order valence-electron chi connectivity index (χ3n) is 1.37. The summed E-state index contributed by atoms with van der Waals surface area (Å²) < 4.78 is 21.6. The van der Waals surface area contributed by atoms with Gasteiger partial charge in [-0.25, -0.2) is 4.21 Å². The van der Waals surface area contributed by atoms with Crippen LogP contribution in [0.25, 0.3) is 0 Å².